The minimum Gasteiger partial charge on any atom is -0.426 e. The molecule has 0 atom stereocenters. The number of aryl methyl sites for hydroxylation is 2. The molecular formula is C17H22BNO2. The van der Waals surface area contributed by atoms with Crippen molar-refractivity contribution in [2.24, 2.45) is 5.73 Å². The molecule has 21 heavy (non-hydrogen) atoms. The average Bonchev–Trinajstić information content (AvgIpc) is 2.51. The molecule has 3 nitrogen and oxygen atoms in total. The monoisotopic (exact) mass is 283 g/mol. The van der Waals surface area contributed by atoms with Crippen molar-refractivity contribution < 1.29 is 9.76 Å². The Morgan fingerprint density at radius 3 is 2.48 bits per heavy atom. The molecule has 0 spiro atoms. The second kappa shape index (κ2) is 7.41. The molecular weight excluding hydrogens is 261 g/mol. The van der Waals surface area contributed by atoms with Crippen LogP contribution >= 0.6 is 0 Å². The minimum atomic E-state index is -0.153. The number of hydrogen-bond acceptors (Lipinski definition) is 3. The maximum Gasteiger partial charge on any atom is 0.361 e. The summed E-state index contributed by atoms with van der Waals surface area (Å²) in [5.41, 5.74) is 11.1. The van der Waals surface area contributed by atoms with Crippen LogP contribution in [-0.4, -0.2) is 25.2 Å². The van der Waals surface area contributed by atoms with E-state index in [1.165, 1.54) is 11.1 Å². The van der Waals surface area contributed by atoms with Gasteiger partial charge in [0.25, 0.3) is 0 Å². The van der Waals surface area contributed by atoms with Gasteiger partial charge < -0.3 is 15.5 Å². The summed E-state index contributed by atoms with van der Waals surface area (Å²) in [4.78, 5) is 0. The fraction of sp³-hybridized carbons (Fsp3) is 0.294. The van der Waals surface area contributed by atoms with Gasteiger partial charge >= 0.3 is 6.92 Å². The van der Waals surface area contributed by atoms with Crippen molar-refractivity contribution >= 4 is 17.8 Å². The number of aliphatic hydroxyl groups is 1. The molecule has 2 rings (SSSR count). The lowest BCUT2D eigenvalue weighted by Crippen LogP contribution is -2.46. The summed E-state index contributed by atoms with van der Waals surface area (Å²) >= 11 is 0. The fourth-order valence-electron chi connectivity index (χ4n) is 2.35. The van der Waals surface area contributed by atoms with E-state index in [-0.39, 0.29) is 13.5 Å². The maximum absolute atomic E-state index is 9.31. The molecule has 0 amide bonds. The number of benzene rings is 2. The molecule has 0 aliphatic carbocycles. The van der Waals surface area contributed by atoms with Crippen molar-refractivity contribution in [3.8, 4) is 0 Å². The molecule has 0 saturated heterocycles. The van der Waals surface area contributed by atoms with Crippen LogP contribution in [0.4, 0.5) is 0 Å². The van der Waals surface area contributed by atoms with Crippen LogP contribution in [-0.2, 0) is 11.3 Å². The molecule has 3 N–H and O–H groups in total. The van der Waals surface area contributed by atoms with Crippen LogP contribution in [0.15, 0.2) is 42.5 Å². The Hall–Kier alpha value is -1.62. The first-order chi connectivity index (χ1) is 10.2. The van der Waals surface area contributed by atoms with Crippen LogP contribution < -0.4 is 16.7 Å². The van der Waals surface area contributed by atoms with E-state index in [0.717, 1.165) is 16.5 Å². The van der Waals surface area contributed by atoms with E-state index in [1.807, 2.05) is 24.3 Å². The fourth-order valence-corrected chi connectivity index (χ4v) is 2.35. The first-order valence-corrected chi connectivity index (χ1v) is 7.24. The molecule has 0 bridgehead atoms. The standard InChI is InChI=1S/C17H22BNO2/c1-13-6-7-17(10-14(13)2)18(21-9-8-19)16-5-3-4-15(11-16)12-20/h3-7,10-11,20H,8-9,12,19H2,1-2H3. The third kappa shape index (κ3) is 3.94. The van der Waals surface area contributed by atoms with E-state index < -0.39 is 0 Å². The predicted molar refractivity (Wildman–Crippen MR) is 88.3 cm³/mol. The van der Waals surface area contributed by atoms with E-state index >= 15 is 0 Å². The molecule has 0 aliphatic rings. The largest absolute Gasteiger partial charge is 0.426 e. The van der Waals surface area contributed by atoms with Crippen molar-refractivity contribution in [3.05, 3.63) is 59.2 Å². The van der Waals surface area contributed by atoms with Gasteiger partial charge in [-0.3, -0.25) is 0 Å². The average molecular weight is 283 g/mol. The van der Waals surface area contributed by atoms with Gasteiger partial charge in [-0.1, -0.05) is 42.5 Å². The Kier molecular flexibility index (Phi) is 5.56. The summed E-state index contributed by atoms with van der Waals surface area (Å²) in [5, 5.41) is 9.31. The Morgan fingerprint density at radius 1 is 1.05 bits per heavy atom. The van der Waals surface area contributed by atoms with E-state index in [1.54, 1.807) is 0 Å². The van der Waals surface area contributed by atoms with Crippen LogP contribution in [0.3, 0.4) is 0 Å². The summed E-state index contributed by atoms with van der Waals surface area (Å²) in [6, 6.07) is 14.2. The van der Waals surface area contributed by atoms with Crippen LogP contribution in [0.2, 0.25) is 0 Å². The predicted octanol–water partition coefficient (Wildman–Crippen LogP) is 0.877. The van der Waals surface area contributed by atoms with Crippen molar-refractivity contribution in [1.29, 1.82) is 0 Å². The van der Waals surface area contributed by atoms with Crippen molar-refractivity contribution in [3.63, 3.8) is 0 Å². The number of rotatable bonds is 6. The SMILES string of the molecule is Cc1ccc(B(OCCN)c2cccc(CO)c2)cc1C. The minimum absolute atomic E-state index is 0.0321. The lowest BCUT2D eigenvalue weighted by molar-refractivity contribution is 0.282. The highest BCUT2D eigenvalue weighted by molar-refractivity contribution is 6.80. The van der Waals surface area contributed by atoms with Crippen LogP contribution in [0.5, 0.6) is 0 Å². The highest BCUT2D eigenvalue weighted by Gasteiger charge is 2.21. The molecule has 0 saturated carbocycles. The summed E-state index contributed by atoms with van der Waals surface area (Å²) in [7, 11) is 0. The molecule has 0 fully saturated rings. The first kappa shape index (κ1) is 15.8. The maximum atomic E-state index is 9.31. The smallest absolute Gasteiger partial charge is 0.361 e. The third-order valence-electron chi connectivity index (χ3n) is 3.67. The van der Waals surface area contributed by atoms with E-state index in [4.69, 9.17) is 10.4 Å². The Bertz CT molecular complexity index is 601. The summed E-state index contributed by atoms with van der Waals surface area (Å²) in [6.45, 7) is 5.07. The van der Waals surface area contributed by atoms with E-state index in [2.05, 4.69) is 32.0 Å². The Morgan fingerprint density at radius 2 is 1.81 bits per heavy atom. The number of aliphatic hydroxyl groups excluding tert-OH is 1. The Balaban J connectivity index is 2.38. The second-order valence-electron chi connectivity index (χ2n) is 5.29. The van der Waals surface area contributed by atoms with Gasteiger partial charge in [0.15, 0.2) is 0 Å². The van der Waals surface area contributed by atoms with Gasteiger partial charge in [-0.2, -0.15) is 0 Å². The molecule has 0 heterocycles. The number of nitrogens with two attached hydrogens (primary N) is 1. The molecule has 0 unspecified atom stereocenters. The highest BCUT2D eigenvalue weighted by atomic mass is 16.4. The lowest BCUT2D eigenvalue weighted by Gasteiger charge is -2.17. The molecule has 0 aromatic heterocycles. The van der Waals surface area contributed by atoms with Crippen LogP contribution in [0, 0.1) is 13.8 Å². The van der Waals surface area contributed by atoms with Gasteiger partial charge in [-0.25, -0.2) is 0 Å². The van der Waals surface area contributed by atoms with Gasteiger partial charge in [-0.05, 0) is 41.5 Å². The van der Waals surface area contributed by atoms with Crippen molar-refractivity contribution in [1.82, 2.24) is 0 Å². The molecule has 4 heteroatoms. The normalized spacial score (nSPS) is 10.7. The summed E-state index contributed by atoms with van der Waals surface area (Å²) in [5.74, 6) is 0. The van der Waals surface area contributed by atoms with Gasteiger partial charge in [-0.15, -0.1) is 0 Å². The highest BCUT2D eigenvalue weighted by Crippen LogP contribution is 2.05. The summed E-state index contributed by atoms with van der Waals surface area (Å²) in [6.07, 6.45) is 0. The van der Waals surface area contributed by atoms with E-state index in [9.17, 15) is 5.11 Å². The third-order valence-corrected chi connectivity index (χ3v) is 3.67. The zero-order chi connectivity index (χ0) is 15.2. The van der Waals surface area contributed by atoms with Gasteiger partial charge in [0.1, 0.15) is 0 Å². The quantitative estimate of drug-likeness (QED) is 0.774. The zero-order valence-electron chi connectivity index (χ0n) is 12.7. The first-order valence-electron chi connectivity index (χ1n) is 7.24. The Labute approximate surface area is 126 Å². The number of hydrogen-bond donors (Lipinski definition) is 2. The topological polar surface area (TPSA) is 55.5 Å². The van der Waals surface area contributed by atoms with Gasteiger partial charge in [0, 0.05) is 13.2 Å². The van der Waals surface area contributed by atoms with Crippen molar-refractivity contribution in [2.75, 3.05) is 13.2 Å². The van der Waals surface area contributed by atoms with Crippen LogP contribution in [0.1, 0.15) is 16.7 Å². The second-order valence-corrected chi connectivity index (χ2v) is 5.29. The molecule has 110 valence electrons. The molecule has 0 aliphatic heterocycles. The van der Waals surface area contributed by atoms with Gasteiger partial charge in [0.05, 0.1) is 6.61 Å². The zero-order valence-corrected chi connectivity index (χ0v) is 12.7. The molecule has 2 aromatic rings. The lowest BCUT2D eigenvalue weighted by atomic mass is 9.55. The van der Waals surface area contributed by atoms with Crippen molar-refractivity contribution in [2.45, 2.75) is 20.5 Å². The molecule has 2 aromatic carbocycles. The van der Waals surface area contributed by atoms with Crippen LogP contribution in [0.25, 0.3) is 0 Å². The summed E-state index contributed by atoms with van der Waals surface area (Å²) < 4.78 is 5.95. The van der Waals surface area contributed by atoms with E-state index in [0.29, 0.717) is 13.2 Å². The molecule has 0 radical (unpaired) electrons. The van der Waals surface area contributed by atoms with Gasteiger partial charge in [0.2, 0.25) is 0 Å².